The molecule has 1 atom stereocenters. The van der Waals surface area contributed by atoms with E-state index in [2.05, 4.69) is 15.3 Å². The monoisotopic (exact) mass is 454 g/mol. The van der Waals surface area contributed by atoms with Gasteiger partial charge < -0.3 is 19.5 Å². The van der Waals surface area contributed by atoms with Crippen molar-refractivity contribution in [3.63, 3.8) is 0 Å². The van der Waals surface area contributed by atoms with E-state index in [9.17, 15) is 9.59 Å². The summed E-state index contributed by atoms with van der Waals surface area (Å²) in [5.41, 5.74) is 4.65. The van der Waals surface area contributed by atoms with Crippen molar-refractivity contribution in [1.82, 2.24) is 5.32 Å². The minimum atomic E-state index is -2.03. The number of nitrogens with two attached hydrogens (primary N) is 1. The van der Waals surface area contributed by atoms with Gasteiger partial charge in [-0.25, -0.2) is 4.99 Å². The fourth-order valence-electron chi connectivity index (χ4n) is 3.11. The molecule has 3 rings (SSSR count). The number of amidine groups is 1. The minimum absolute atomic E-state index is 0.0279. The summed E-state index contributed by atoms with van der Waals surface area (Å²) in [6, 6.07) is 13.3. The summed E-state index contributed by atoms with van der Waals surface area (Å²) in [5, 5.41) is 4.77. The Labute approximate surface area is 193 Å². The second-order valence-electron chi connectivity index (χ2n) is 9.71. The third kappa shape index (κ3) is 6.29. The van der Waals surface area contributed by atoms with Gasteiger partial charge in [0, 0.05) is 0 Å². The molecular weight excluding hydrogens is 424 g/mol. The summed E-state index contributed by atoms with van der Waals surface area (Å²) in [7, 11) is 0. The molecule has 1 aliphatic rings. The van der Waals surface area contributed by atoms with E-state index < -0.39 is 34.8 Å². The van der Waals surface area contributed by atoms with E-state index in [0.29, 0.717) is 5.75 Å². The number of ether oxygens (including phenoxy) is 3. The van der Waals surface area contributed by atoms with Crippen molar-refractivity contribution in [1.29, 1.82) is 0 Å². The number of hydrogen-bond acceptors (Lipinski definition) is 9. The molecule has 9 heteroatoms. The third-order valence-corrected chi connectivity index (χ3v) is 4.39. The fraction of sp³-hybridized carbons (Fsp3) is 0.417. The highest BCUT2D eigenvalue weighted by molar-refractivity contribution is 5.99. The van der Waals surface area contributed by atoms with Gasteiger partial charge in [-0.05, 0) is 64.4 Å². The summed E-state index contributed by atoms with van der Waals surface area (Å²) in [5.74, 6) is -4.98. The highest BCUT2D eigenvalue weighted by Crippen LogP contribution is 2.28. The lowest BCUT2D eigenvalue weighted by molar-refractivity contribution is -0.177. The van der Waals surface area contributed by atoms with Crippen molar-refractivity contribution < 1.29 is 23.8 Å². The molecule has 1 unspecified atom stereocenters. The Hall–Kier alpha value is -3.46. The average Bonchev–Trinajstić information content (AvgIpc) is 2.65. The normalized spacial score (nSPS) is 18.5. The second kappa shape index (κ2) is 8.82. The molecule has 2 aromatic carbocycles. The van der Waals surface area contributed by atoms with Crippen LogP contribution < -0.4 is 15.8 Å². The summed E-state index contributed by atoms with van der Waals surface area (Å²) in [6.07, 6.45) is 1.23. The predicted molar refractivity (Wildman–Crippen MR) is 126 cm³/mol. The number of carbonyl (C=O) groups is 2. The van der Waals surface area contributed by atoms with Crippen molar-refractivity contribution >= 4 is 35.1 Å². The Morgan fingerprint density at radius 1 is 0.939 bits per heavy atom. The van der Waals surface area contributed by atoms with Gasteiger partial charge in [0.05, 0.1) is 6.34 Å². The van der Waals surface area contributed by atoms with Crippen LogP contribution >= 0.6 is 0 Å². The number of benzene rings is 2. The Morgan fingerprint density at radius 3 is 2.09 bits per heavy atom. The lowest BCUT2D eigenvalue weighted by Gasteiger charge is -2.33. The van der Waals surface area contributed by atoms with Crippen molar-refractivity contribution in [2.45, 2.75) is 58.5 Å². The first-order chi connectivity index (χ1) is 15.3. The van der Waals surface area contributed by atoms with E-state index in [1.54, 1.807) is 47.6 Å². The van der Waals surface area contributed by atoms with E-state index in [1.807, 2.05) is 36.4 Å². The lowest BCUT2D eigenvalue weighted by atomic mass is 10.0. The highest BCUT2D eigenvalue weighted by Gasteiger charge is 2.51. The van der Waals surface area contributed by atoms with Crippen molar-refractivity contribution in [3.8, 4) is 5.75 Å². The molecule has 33 heavy (non-hydrogen) atoms. The maximum Gasteiger partial charge on any atom is 0.326 e. The van der Waals surface area contributed by atoms with Crippen LogP contribution in [0.2, 0.25) is 0 Å². The summed E-state index contributed by atoms with van der Waals surface area (Å²) < 4.78 is 16.7. The van der Waals surface area contributed by atoms with Gasteiger partial charge in [0.15, 0.2) is 0 Å². The minimum Gasteiger partial charge on any atom is -0.459 e. The Kier molecular flexibility index (Phi) is 6.46. The van der Waals surface area contributed by atoms with Crippen LogP contribution in [0.4, 0.5) is 0 Å². The Morgan fingerprint density at radius 2 is 1.52 bits per heavy atom. The average molecular weight is 455 g/mol. The van der Waals surface area contributed by atoms with E-state index in [1.165, 1.54) is 6.34 Å². The second-order valence-corrected chi connectivity index (χ2v) is 9.71. The van der Waals surface area contributed by atoms with Crippen LogP contribution in [0.15, 0.2) is 52.4 Å². The topological polar surface area (TPSA) is 125 Å². The third-order valence-electron chi connectivity index (χ3n) is 4.39. The molecule has 0 saturated carbocycles. The predicted octanol–water partition coefficient (Wildman–Crippen LogP) is 3.12. The van der Waals surface area contributed by atoms with Gasteiger partial charge in [0.2, 0.25) is 11.7 Å². The molecule has 0 amide bonds. The number of carbonyl (C=O) groups excluding carboxylic acids is 2. The number of esters is 2. The van der Waals surface area contributed by atoms with E-state index in [4.69, 9.17) is 19.9 Å². The number of nitrogens with one attached hydrogen (secondary N) is 1. The summed E-state index contributed by atoms with van der Waals surface area (Å²) in [6.45, 7) is 10.1. The van der Waals surface area contributed by atoms with Gasteiger partial charge in [-0.2, -0.15) is 4.99 Å². The van der Waals surface area contributed by atoms with Gasteiger partial charge in [0.1, 0.15) is 17.0 Å². The van der Waals surface area contributed by atoms with E-state index >= 15 is 0 Å². The first-order valence-corrected chi connectivity index (χ1v) is 10.6. The van der Waals surface area contributed by atoms with E-state index in [-0.39, 0.29) is 6.02 Å². The molecule has 1 heterocycles. The Balaban J connectivity index is 1.93. The van der Waals surface area contributed by atoms with Crippen LogP contribution in [0.3, 0.4) is 0 Å². The van der Waals surface area contributed by atoms with Gasteiger partial charge >= 0.3 is 11.9 Å². The fourth-order valence-corrected chi connectivity index (χ4v) is 3.11. The molecule has 1 aliphatic heterocycles. The molecule has 176 valence electrons. The number of fused-ring (bicyclic) bond motifs is 1. The van der Waals surface area contributed by atoms with Gasteiger partial charge in [-0.3, -0.25) is 15.3 Å². The molecule has 0 fully saturated rings. The molecule has 0 radical (unpaired) electrons. The zero-order valence-electron chi connectivity index (χ0n) is 19.7. The standard InChI is InChI=1S/C24H30N4O5/c1-22(2,3)32-19(29)18(20(30)33-23(4,5)6)24(25)27-14-26-21(28-24)31-17-12-11-15-9-7-8-10-16(15)13-17/h7-14,18H,25H2,1-6H3,(H,26,27,28). The van der Waals surface area contributed by atoms with Crippen molar-refractivity contribution in [3.05, 3.63) is 42.5 Å². The lowest BCUT2D eigenvalue weighted by Crippen LogP contribution is -2.57. The molecule has 3 N–H and O–H groups in total. The van der Waals surface area contributed by atoms with Crippen molar-refractivity contribution in [2.75, 3.05) is 0 Å². The molecule has 0 saturated heterocycles. The quantitative estimate of drug-likeness (QED) is 0.537. The number of nitrogens with zero attached hydrogens (tertiary/aromatic N) is 2. The molecule has 9 nitrogen and oxygen atoms in total. The zero-order valence-corrected chi connectivity index (χ0v) is 19.7. The van der Waals surface area contributed by atoms with Crippen molar-refractivity contribution in [2.24, 2.45) is 21.6 Å². The van der Waals surface area contributed by atoms with Crippen LogP contribution in [0, 0.1) is 5.92 Å². The summed E-state index contributed by atoms with van der Waals surface area (Å²) >= 11 is 0. The summed E-state index contributed by atoms with van der Waals surface area (Å²) in [4.78, 5) is 34.3. The SMILES string of the molecule is CC(C)(C)OC(=O)C(C(=O)OC(C)(C)C)C1(N)N=CNC(Oc2ccc3ccccc3c2)=N1. The van der Waals surface area contributed by atoms with Crippen LogP contribution in [-0.2, 0) is 19.1 Å². The Bertz CT molecular complexity index is 1090. The number of aliphatic imine (C=N–C) groups is 2. The molecule has 0 aromatic heterocycles. The molecular formula is C24H30N4O5. The number of hydrogen-bond donors (Lipinski definition) is 2. The first kappa shape index (κ1) is 24.2. The number of rotatable bonds is 4. The van der Waals surface area contributed by atoms with Crippen LogP contribution in [-0.4, -0.2) is 41.3 Å². The van der Waals surface area contributed by atoms with Gasteiger partial charge in [-0.15, -0.1) is 0 Å². The zero-order chi connectivity index (χ0) is 24.4. The molecule has 0 aliphatic carbocycles. The smallest absolute Gasteiger partial charge is 0.326 e. The molecule has 0 spiro atoms. The van der Waals surface area contributed by atoms with Gasteiger partial charge in [-0.1, -0.05) is 30.3 Å². The maximum absolute atomic E-state index is 13.0. The largest absolute Gasteiger partial charge is 0.459 e. The van der Waals surface area contributed by atoms with Crippen LogP contribution in [0.5, 0.6) is 5.75 Å². The molecule has 0 bridgehead atoms. The van der Waals surface area contributed by atoms with Gasteiger partial charge in [0.25, 0.3) is 6.02 Å². The molecule has 2 aromatic rings. The van der Waals surface area contributed by atoms with Crippen LogP contribution in [0.25, 0.3) is 10.8 Å². The maximum atomic E-state index is 13.0. The highest BCUT2D eigenvalue weighted by atomic mass is 16.6. The first-order valence-electron chi connectivity index (χ1n) is 10.6. The van der Waals surface area contributed by atoms with E-state index in [0.717, 1.165) is 10.8 Å². The van der Waals surface area contributed by atoms with Crippen LogP contribution in [0.1, 0.15) is 41.5 Å².